The molecule has 2 unspecified atom stereocenters. The van der Waals surface area contributed by atoms with Gasteiger partial charge in [-0.1, -0.05) is 30.3 Å². The van der Waals surface area contributed by atoms with E-state index in [0.717, 1.165) is 17.7 Å². The Kier molecular flexibility index (Phi) is 6.26. The number of benzene rings is 2. The lowest BCUT2D eigenvalue weighted by molar-refractivity contribution is -0.133. The molecule has 2 rings (SSSR count). The Bertz CT molecular complexity index is 721. The number of likely N-dealkylation sites (N-methyl/N-ethyl adjacent to an activating group) is 2. The number of rotatable bonds is 6. The molecule has 0 spiro atoms. The van der Waals surface area contributed by atoms with E-state index in [4.69, 9.17) is 0 Å². The highest BCUT2D eigenvalue weighted by Crippen LogP contribution is 2.24. The van der Waals surface area contributed by atoms with Crippen LogP contribution in [0.1, 0.15) is 37.1 Å². The smallest absolute Gasteiger partial charge is 0.237 e. The Morgan fingerprint density at radius 3 is 2.28 bits per heavy atom. The van der Waals surface area contributed by atoms with Gasteiger partial charge in [-0.2, -0.15) is 0 Å². The van der Waals surface area contributed by atoms with Gasteiger partial charge in [-0.05, 0) is 44.7 Å². The van der Waals surface area contributed by atoms with Crippen molar-refractivity contribution in [2.24, 2.45) is 0 Å². The summed E-state index contributed by atoms with van der Waals surface area (Å²) in [5.41, 5.74) is 1.29. The first-order valence-electron chi connectivity index (χ1n) is 8.27. The van der Waals surface area contributed by atoms with Crippen molar-refractivity contribution in [3.05, 3.63) is 71.3 Å². The Morgan fingerprint density at radius 2 is 1.64 bits per heavy atom. The highest BCUT2D eigenvalue weighted by Gasteiger charge is 2.22. The number of amides is 1. The van der Waals surface area contributed by atoms with Crippen LogP contribution in [0.3, 0.4) is 0 Å². The molecule has 0 aliphatic carbocycles. The van der Waals surface area contributed by atoms with Crippen LogP contribution in [0.25, 0.3) is 0 Å². The van der Waals surface area contributed by atoms with E-state index in [1.54, 1.807) is 30.8 Å². The van der Waals surface area contributed by atoms with Crippen molar-refractivity contribution in [2.45, 2.75) is 25.9 Å². The van der Waals surface area contributed by atoms with Gasteiger partial charge < -0.3 is 4.90 Å². The van der Waals surface area contributed by atoms with Gasteiger partial charge >= 0.3 is 0 Å². The molecule has 0 aromatic heterocycles. The van der Waals surface area contributed by atoms with Gasteiger partial charge in [0.1, 0.15) is 11.6 Å². The lowest BCUT2D eigenvalue weighted by atomic mass is 10.1. The standard InChI is InChI=1S/C20H24F2N2O/c1-14(16-8-6-5-7-9-16)24(4)20(25)13-23(3)15(2)18-12-17(21)10-11-19(18)22/h5-12,14-15H,13H2,1-4H3. The van der Waals surface area contributed by atoms with Gasteiger partial charge in [-0.15, -0.1) is 0 Å². The topological polar surface area (TPSA) is 23.6 Å². The third-order valence-corrected chi connectivity index (χ3v) is 4.71. The first kappa shape index (κ1) is 19.1. The summed E-state index contributed by atoms with van der Waals surface area (Å²) < 4.78 is 27.3. The third-order valence-electron chi connectivity index (χ3n) is 4.71. The van der Waals surface area contributed by atoms with Gasteiger partial charge in [0.05, 0.1) is 12.6 Å². The molecule has 0 fully saturated rings. The molecule has 0 aliphatic rings. The molecule has 0 bridgehead atoms. The molecule has 134 valence electrons. The molecule has 3 nitrogen and oxygen atoms in total. The first-order valence-corrected chi connectivity index (χ1v) is 8.27. The minimum Gasteiger partial charge on any atom is -0.338 e. The summed E-state index contributed by atoms with van der Waals surface area (Å²) in [6.45, 7) is 3.83. The van der Waals surface area contributed by atoms with Crippen LogP contribution in [0.5, 0.6) is 0 Å². The summed E-state index contributed by atoms with van der Waals surface area (Å²) in [5.74, 6) is -1.04. The molecule has 2 atom stereocenters. The Morgan fingerprint density at radius 1 is 1.00 bits per heavy atom. The fraction of sp³-hybridized carbons (Fsp3) is 0.350. The van der Waals surface area contributed by atoms with E-state index < -0.39 is 17.7 Å². The number of halogens is 2. The molecule has 2 aromatic carbocycles. The lowest BCUT2D eigenvalue weighted by Gasteiger charge is -2.30. The largest absolute Gasteiger partial charge is 0.338 e. The molecule has 1 amide bonds. The maximum absolute atomic E-state index is 13.9. The highest BCUT2D eigenvalue weighted by molar-refractivity contribution is 5.78. The van der Waals surface area contributed by atoms with Crippen molar-refractivity contribution >= 4 is 5.91 Å². The normalized spacial score (nSPS) is 13.6. The van der Waals surface area contributed by atoms with Crippen molar-refractivity contribution in [3.8, 4) is 0 Å². The second-order valence-corrected chi connectivity index (χ2v) is 6.35. The number of hydrogen-bond acceptors (Lipinski definition) is 2. The predicted molar refractivity (Wildman–Crippen MR) is 95.0 cm³/mol. The number of hydrogen-bond donors (Lipinski definition) is 0. The lowest BCUT2D eigenvalue weighted by Crippen LogP contribution is -2.39. The van der Waals surface area contributed by atoms with Crippen LogP contribution in [-0.4, -0.2) is 36.3 Å². The zero-order chi connectivity index (χ0) is 18.6. The van der Waals surface area contributed by atoms with E-state index in [1.165, 1.54) is 6.07 Å². The zero-order valence-electron chi connectivity index (χ0n) is 15.0. The second-order valence-electron chi connectivity index (χ2n) is 6.35. The Hall–Kier alpha value is -2.27. The van der Waals surface area contributed by atoms with Crippen molar-refractivity contribution in [3.63, 3.8) is 0 Å². The van der Waals surface area contributed by atoms with E-state index in [-0.39, 0.29) is 24.1 Å². The van der Waals surface area contributed by atoms with Crippen molar-refractivity contribution in [2.75, 3.05) is 20.6 Å². The zero-order valence-corrected chi connectivity index (χ0v) is 15.0. The molecule has 2 aromatic rings. The molecule has 0 saturated carbocycles. The minimum absolute atomic E-state index is 0.0664. The quantitative estimate of drug-likeness (QED) is 0.783. The Labute approximate surface area is 147 Å². The van der Waals surface area contributed by atoms with Crippen LogP contribution >= 0.6 is 0 Å². The van der Waals surface area contributed by atoms with Crippen LogP contribution in [0.15, 0.2) is 48.5 Å². The maximum Gasteiger partial charge on any atom is 0.237 e. The molecule has 0 heterocycles. The van der Waals surface area contributed by atoms with Crippen LogP contribution in [0.2, 0.25) is 0 Å². The first-order chi connectivity index (χ1) is 11.8. The molecule has 0 N–H and O–H groups in total. The highest BCUT2D eigenvalue weighted by atomic mass is 19.1. The maximum atomic E-state index is 13.9. The van der Waals surface area contributed by atoms with E-state index in [0.29, 0.717) is 0 Å². The monoisotopic (exact) mass is 346 g/mol. The SMILES string of the molecule is CC(c1cc(F)ccc1F)N(C)CC(=O)N(C)C(C)c1ccccc1. The molecule has 5 heteroatoms. The third kappa shape index (κ3) is 4.63. The molecule has 0 radical (unpaired) electrons. The van der Waals surface area contributed by atoms with Gasteiger partial charge in [0.15, 0.2) is 0 Å². The molecule has 0 aliphatic heterocycles. The summed E-state index contributed by atoms with van der Waals surface area (Å²) in [4.78, 5) is 16.0. The second kappa shape index (κ2) is 8.21. The Balaban J connectivity index is 2.05. The van der Waals surface area contributed by atoms with E-state index in [2.05, 4.69) is 0 Å². The van der Waals surface area contributed by atoms with E-state index in [1.807, 2.05) is 37.3 Å². The number of carbonyl (C=O) groups is 1. The van der Waals surface area contributed by atoms with Crippen LogP contribution in [-0.2, 0) is 4.79 Å². The van der Waals surface area contributed by atoms with Crippen LogP contribution < -0.4 is 0 Å². The van der Waals surface area contributed by atoms with Crippen LogP contribution in [0, 0.1) is 11.6 Å². The average molecular weight is 346 g/mol. The number of carbonyl (C=O) groups excluding carboxylic acids is 1. The fourth-order valence-corrected chi connectivity index (χ4v) is 2.71. The predicted octanol–water partition coefficient (Wildman–Crippen LogP) is 4.18. The molecular weight excluding hydrogens is 322 g/mol. The summed E-state index contributed by atoms with van der Waals surface area (Å²) in [6, 6.07) is 12.6. The van der Waals surface area contributed by atoms with Crippen molar-refractivity contribution < 1.29 is 13.6 Å². The van der Waals surface area contributed by atoms with Crippen molar-refractivity contribution in [1.82, 2.24) is 9.80 Å². The summed E-state index contributed by atoms with van der Waals surface area (Å²) in [7, 11) is 3.48. The van der Waals surface area contributed by atoms with Gasteiger partial charge in [0, 0.05) is 18.7 Å². The minimum atomic E-state index is -0.488. The fourth-order valence-electron chi connectivity index (χ4n) is 2.71. The van der Waals surface area contributed by atoms with E-state index in [9.17, 15) is 13.6 Å². The molecule has 0 saturated heterocycles. The van der Waals surface area contributed by atoms with Gasteiger partial charge in [-0.3, -0.25) is 9.69 Å². The summed E-state index contributed by atoms with van der Waals surface area (Å²) >= 11 is 0. The van der Waals surface area contributed by atoms with Crippen LogP contribution in [0.4, 0.5) is 8.78 Å². The summed E-state index contributed by atoms with van der Waals surface area (Å²) in [6.07, 6.45) is 0. The molecular formula is C20H24F2N2O. The van der Waals surface area contributed by atoms with Gasteiger partial charge in [0.2, 0.25) is 5.91 Å². The van der Waals surface area contributed by atoms with Gasteiger partial charge in [-0.25, -0.2) is 8.78 Å². The van der Waals surface area contributed by atoms with Crippen molar-refractivity contribution in [1.29, 1.82) is 0 Å². The molecule has 25 heavy (non-hydrogen) atoms. The summed E-state index contributed by atoms with van der Waals surface area (Å²) in [5, 5.41) is 0. The van der Waals surface area contributed by atoms with E-state index >= 15 is 0 Å². The van der Waals surface area contributed by atoms with Gasteiger partial charge in [0.25, 0.3) is 0 Å². The number of nitrogens with zero attached hydrogens (tertiary/aromatic N) is 2. The average Bonchev–Trinajstić information content (AvgIpc) is 2.62.